The first-order valence-electron chi connectivity index (χ1n) is 14.6. The van der Waals surface area contributed by atoms with Crippen LogP contribution in [0.3, 0.4) is 0 Å². The van der Waals surface area contributed by atoms with Crippen LogP contribution >= 0.6 is 0 Å². The van der Waals surface area contributed by atoms with E-state index in [1.54, 1.807) is 0 Å². The summed E-state index contributed by atoms with van der Waals surface area (Å²) < 4.78 is 3.74. The fourth-order valence-electron chi connectivity index (χ4n) is 7.50. The molecule has 1 aliphatic carbocycles. The third kappa shape index (κ3) is 3.12. The Labute approximate surface area is 248 Å². The van der Waals surface area contributed by atoms with Crippen LogP contribution in [0, 0.1) is 13.8 Å². The van der Waals surface area contributed by atoms with E-state index < -0.39 is 5.41 Å². The zero-order valence-electron chi connectivity index (χ0n) is 24.4. The van der Waals surface area contributed by atoms with Crippen molar-refractivity contribution < 1.29 is 0 Å². The lowest BCUT2D eigenvalue weighted by atomic mass is 9.67. The Morgan fingerprint density at radius 2 is 0.977 bits per heavy atom. The Hall–Kier alpha value is -5.36. The molecule has 4 aromatic heterocycles. The predicted octanol–water partition coefficient (Wildman–Crippen LogP) is 7.54. The van der Waals surface area contributed by atoms with Crippen LogP contribution in [0.4, 0.5) is 0 Å². The van der Waals surface area contributed by atoms with Crippen LogP contribution in [0.1, 0.15) is 33.6 Å². The van der Waals surface area contributed by atoms with Crippen molar-refractivity contribution in [3.8, 4) is 11.1 Å². The maximum atomic E-state index is 5.01. The van der Waals surface area contributed by atoms with E-state index in [-0.39, 0.29) is 0 Å². The molecule has 6 heteroatoms. The first-order chi connectivity index (χ1) is 20.9. The van der Waals surface area contributed by atoms with Gasteiger partial charge in [0, 0.05) is 35.6 Å². The van der Waals surface area contributed by atoms with E-state index in [1.807, 2.05) is 23.5 Å². The quantitative estimate of drug-likeness (QED) is 0.221. The van der Waals surface area contributed by atoms with Gasteiger partial charge in [-0.25, -0.2) is 9.97 Å². The molecule has 4 aromatic carbocycles. The molecule has 0 atom stereocenters. The summed E-state index contributed by atoms with van der Waals surface area (Å²) in [6, 6.07) is 35.7. The van der Waals surface area contributed by atoms with Gasteiger partial charge in [-0.2, -0.15) is 10.2 Å². The van der Waals surface area contributed by atoms with Gasteiger partial charge in [0.05, 0.1) is 27.8 Å². The molecule has 206 valence electrons. The van der Waals surface area contributed by atoms with E-state index in [4.69, 9.17) is 9.97 Å². The Morgan fingerprint density at radius 3 is 1.44 bits per heavy atom. The third-order valence-corrected chi connectivity index (χ3v) is 9.40. The van der Waals surface area contributed by atoms with Crippen LogP contribution in [0.5, 0.6) is 0 Å². The highest BCUT2D eigenvalue weighted by molar-refractivity contribution is 5.96. The van der Waals surface area contributed by atoms with Crippen LogP contribution in [0.2, 0.25) is 0 Å². The van der Waals surface area contributed by atoms with Crippen LogP contribution in [0.25, 0.3) is 55.0 Å². The van der Waals surface area contributed by atoms with Crippen molar-refractivity contribution >= 4 is 43.9 Å². The number of hydrogen-bond donors (Lipinski definition) is 0. The summed E-state index contributed by atoms with van der Waals surface area (Å²) in [5.41, 5.74) is 12.7. The summed E-state index contributed by atoms with van der Waals surface area (Å²) in [6.07, 6.45) is 0. The monoisotopic (exact) mass is 556 g/mol. The highest BCUT2D eigenvalue weighted by Crippen LogP contribution is 2.56. The molecule has 6 nitrogen and oxygen atoms in total. The minimum Gasteiger partial charge on any atom is -0.250 e. The Balaban J connectivity index is 1.39. The number of pyridine rings is 2. The molecule has 0 bridgehead atoms. The van der Waals surface area contributed by atoms with Crippen molar-refractivity contribution in [2.75, 3.05) is 0 Å². The second-order valence-electron chi connectivity index (χ2n) is 11.8. The maximum Gasteiger partial charge on any atom is 0.158 e. The number of hydrogen-bond acceptors (Lipinski definition) is 4. The lowest BCUT2D eigenvalue weighted by Gasteiger charge is -2.34. The van der Waals surface area contributed by atoms with Gasteiger partial charge in [0.2, 0.25) is 0 Å². The zero-order valence-corrected chi connectivity index (χ0v) is 24.4. The van der Waals surface area contributed by atoms with E-state index >= 15 is 0 Å². The third-order valence-electron chi connectivity index (χ3n) is 9.40. The first kappa shape index (κ1) is 24.3. The molecule has 0 amide bonds. The second kappa shape index (κ2) is 8.35. The van der Waals surface area contributed by atoms with Gasteiger partial charge in [-0.15, -0.1) is 0 Å². The Morgan fingerprint density at radius 1 is 0.535 bits per heavy atom. The van der Waals surface area contributed by atoms with Crippen molar-refractivity contribution in [1.29, 1.82) is 0 Å². The van der Waals surface area contributed by atoms with E-state index in [0.717, 1.165) is 55.3 Å². The van der Waals surface area contributed by atoms with Gasteiger partial charge in [-0.1, -0.05) is 60.7 Å². The van der Waals surface area contributed by atoms with Gasteiger partial charge in [-0.3, -0.25) is 9.36 Å². The highest BCUT2D eigenvalue weighted by Gasteiger charge is 2.46. The lowest BCUT2D eigenvalue weighted by Crippen LogP contribution is -2.28. The molecule has 0 fully saturated rings. The van der Waals surface area contributed by atoms with Gasteiger partial charge in [-0.05, 0) is 83.6 Å². The summed E-state index contributed by atoms with van der Waals surface area (Å²) in [7, 11) is 3.92. The van der Waals surface area contributed by atoms with E-state index in [1.165, 1.54) is 33.4 Å². The van der Waals surface area contributed by atoms with E-state index in [0.29, 0.717) is 0 Å². The molecule has 43 heavy (non-hydrogen) atoms. The van der Waals surface area contributed by atoms with Crippen molar-refractivity contribution in [1.82, 2.24) is 29.5 Å². The van der Waals surface area contributed by atoms with Gasteiger partial charge >= 0.3 is 0 Å². The second-order valence-corrected chi connectivity index (χ2v) is 11.8. The molecular weight excluding hydrogens is 528 g/mol. The minimum atomic E-state index is -0.520. The largest absolute Gasteiger partial charge is 0.250 e. The fourth-order valence-corrected chi connectivity index (χ4v) is 7.50. The summed E-state index contributed by atoms with van der Waals surface area (Å²) in [4.78, 5) is 10.0. The van der Waals surface area contributed by atoms with E-state index in [2.05, 4.69) is 121 Å². The molecular formula is C37H28N6. The number of nitrogens with zero attached hydrogens (tertiary/aromatic N) is 6. The first-order valence-corrected chi connectivity index (χ1v) is 14.6. The number of benzene rings is 4. The highest BCUT2D eigenvalue weighted by atomic mass is 15.3. The number of rotatable bonds is 2. The van der Waals surface area contributed by atoms with Crippen LogP contribution in [0.15, 0.2) is 97.1 Å². The summed E-state index contributed by atoms with van der Waals surface area (Å²) >= 11 is 0. The summed E-state index contributed by atoms with van der Waals surface area (Å²) in [5.74, 6) is 0. The molecule has 0 unspecified atom stereocenters. The minimum absolute atomic E-state index is 0.520. The number of aromatic nitrogens is 6. The van der Waals surface area contributed by atoms with Crippen molar-refractivity contribution in [3.63, 3.8) is 0 Å². The van der Waals surface area contributed by atoms with E-state index in [9.17, 15) is 0 Å². The average Bonchev–Trinajstić information content (AvgIpc) is 3.60. The maximum absolute atomic E-state index is 5.01. The molecule has 0 radical (unpaired) electrons. The number of aryl methyl sites for hydroxylation is 4. The molecule has 4 heterocycles. The molecule has 0 saturated heterocycles. The topological polar surface area (TPSA) is 61.4 Å². The van der Waals surface area contributed by atoms with Gasteiger partial charge in [0.25, 0.3) is 0 Å². The molecule has 8 aromatic rings. The predicted molar refractivity (Wildman–Crippen MR) is 172 cm³/mol. The smallest absolute Gasteiger partial charge is 0.158 e. The molecule has 0 N–H and O–H groups in total. The van der Waals surface area contributed by atoms with Crippen LogP contribution < -0.4 is 0 Å². The summed E-state index contributed by atoms with van der Waals surface area (Å²) in [5, 5.41) is 13.7. The van der Waals surface area contributed by atoms with Gasteiger partial charge in [0.15, 0.2) is 11.3 Å². The Kier molecular flexibility index (Phi) is 4.71. The van der Waals surface area contributed by atoms with Crippen molar-refractivity contribution in [3.05, 3.63) is 131 Å². The Bertz CT molecular complexity index is 2290. The van der Waals surface area contributed by atoms with Crippen molar-refractivity contribution in [2.45, 2.75) is 19.3 Å². The summed E-state index contributed by atoms with van der Waals surface area (Å²) in [6.45, 7) is 4.10. The van der Waals surface area contributed by atoms with Crippen LogP contribution in [-0.4, -0.2) is 29.5 Å². The molecule has 0 spiro atoms. The fraction of sp³-hybridized carbons (Fsp3) is 0.135. The number of fused-ring (bicyclic) bond motifs is 7. The molecule has 0 saturated carbocycles. The zero-order chi connectivity index (χ0) is 29.0. The standard InChI is InChI=1S/C37H28N6/c1-21-29-19-23-17-25(13-15-33(23)38-35(29)42(3)40-21)37(31-11-7-5-9-27(31)28-10-6-8-12-32(28)37)26-14-16-34-24(18-26)20-30-22(2)41-43(4)36(30)39-34/h5-20H,1-4H3. The van der Waals surface area contributed by atoms with Gasteiger partial charge in [0.1, 0.15) is 0 Å². The average molecular weight is 557 g/mol. The molecule has 0 aliphatic heterocycles. The van der Waals surface area contributed by atoms with Crippen molar-refractivity contribution in [2.24, 2.45) is 14.1 Å². The molecule has 1 aliphatic rings. The normalized spacial score (nSPS) is 13.8. The molecule has 9 rings (SSSR count). The van der Waals surface area contributed by atoms with Crippen LogP contribution in [-0.2, 0) is 19.5 Å². The van der Waals surface area contributed by atoms with Gasteiger partial charge < -0.3 is 0 Å². The SMILES string of the molecule is Cc1nn(C)c2nc3ccc(C4(c5ccc6nc7c(cc6c5)c(C)nn7C)c5ccccc5-c5ccccc54)cc3cc12. The lowest BCUT2D eigenvalue weighted by molar-refractivity contribution is 0.770.